The van der Waals surface area contributed by atoms with Gasteiger partial charge in [0.2, 0.25) is 5.82 Å². The zero-order chi connectivity index (χ0) is 22.1. The highest BCUT2D eigenvalue weighted by Crippen LogP contribution is 2.37. The highest BCUT2D eigenvalue weighted by molar-refractivity contribution is 7.80. The smallest absolute Gasteiger partial charge is 0.258 e. The monoisotopic (exact) mass is 440 g/mol. The van der Waals surface area contributed by atoms with Gasteiger partial charge in [0.15, 0.2) is 5.11 Å². The predicted octanol–water partition coefficient (Wildman–Crippen LogP) is 5.33. The zero-order valence-electron chi connectivity index (χ0n) is 17.4. The van der Waals surface area contributed by atoms with E-state index in [9.17, 15) is 8.78 Å². The Morgan fingerprint density at radius 2 is 1.87 bits per heavy atom. The molecule has 0 amide bonds. The maximum Gasteiger partial charge on any atom is 0.258 e. The minimum atomic E-state index is -0.451. The van der Waals surface area contributed by atoms with Crippen LogP contribution in [0, 0.1) is 17.6 Å². The molecule has 1 aliphatic heterocycles. The van der Waals surface area contributed by atoms with Crippen molar-refractivity contribution < 1.29 is 13.3 Å². The molecule has 5 nitrogen and oxygen atoms in total. The lowest BCUT2D eigenvalue weighted by Crippen LogP contribution is -2.47. The molecule has 8 heteroatoms. The fourth-order valence-electron chi connectivity index (χ4n) is 3.63. The summed E-state index contributed by atoms with van der Waals surface area (Å²) in [6.07, 6.45) is 0. The standard InChI is InChI=1S/C23H22F2N4OS/c1-13(2)12-29-14(3)19(20(26-23(29)31)16-5-4-6-18(25)11-16)22-27-21(28-30-22)15-7-9-17(24)10-8-15/h4-11,13,20H,12H2,1-3H3,(H,26,31). The van der Waals surface area contributed by atoms with Crippen LogP contribution in [0.15, 0.2) is 58.8 Å². The maximum absolute atomic E-state index is 14.0. The maximum atomic E-state index is 14.0. The number of rotatable bonds is 5. The molecule has 1 atom stereocenters. The molecule has 0 fully saturated rings. The van der Waals surface area contributed by atoms with Crippen LogP contribution < -0.4 is 5.32 Å². The highest BCUT2D eigenvalue weighted by Gasteiger charge is 2.34. The number of thiocarbonyl (C=S) groups is 1. The summed E-state index contributed by atoms with van der Waals surface area (Å²) in [7, 11) is 0. The molecule has 3 aromatic rings. The van der Waals surface area contributed by atoms with Crippen molar-refractivity contribution in [1.29, 1.82) is 0 Å². The molecule has 4 rings (SSSR count). The third-order valence-corrected chi connectivity index (χ3v) is 5.42. The molecule has 0 spiro atoms. The molecule has 2 aromatic carbocycles. The first kappa shape index (κ1) is 21.1. The van der Waals surface area contributed by atoms with E-state index in [4.69, 9.17) is 16.7 Å². The second kappa shape index (κ2) is 8.55. The van der Waals surface area contributed by atoms with E-state index in [1.54, 1.807) is 18.2 Å². The molecule has 1 unspecified atom stereocenters. The number of nitrogens with zero attached hydrogens (tertiary/aromatic N) is 3. The van der Waals surface area contributed by atoms with E-state index in [0.717, 1.165) is 11.3 Å². The van der Waals surface area contributed by atoms with Crippen LogP contribution in [0.1, 0.15) is 38.3 Å². The first-order valence-corrected chi connectivity index (χ1v) is 10.4. The second-order valence-electron chi connectivity index (χ2n) is 7.87. The van der Waals surface area contributed by atoms with E-state index in [0.29, 0.717) is 40.4 Å². The van der Waals surface area contributed by atoms with E-state index >= 15 is 0 Å². The van der Waals surface area contributed by atoms with E-state index in [2.05, 4.69) is 29.3 Å². The first-order valence-electron chi connectivity index (χ1n) is 9.97. The van der Waals surface area contributed by atoms with Crippen molar-refractivity contribution in [3.63, 3.8) is 0 Å². The average Bonchev–Trinajstić information content (AvgIpc) is 3.20. The van der Waals surface area contributed by atoms with Crippen molar-refractivity contribution in [2.45, 2.75) is 26.8 Å². The number of hydrogen-bond donors (Lipinski definition) is 1. The lowest BCUT2D eigenvalue weighted by atomic mass is 9.94. The minimum Gasteiger partial charge on any atom is -0.351 e. The number of aromatic nitrogens is 2. The zero-order valence-corrected chi connectivity index (χ0v) is 18.2. The second-order valence-corrected chi connectivity index (χ2v) is 8.26. The van der Waals surface area contributed by atoms with E-state index < -0.39 is 6.04 Å². The van der Waals surface area contributed by atoms with Crippen LogP contribution >= 0.6 is 12.2 Å². The van der Waals surface area contributed by atoms with E-state index in [-0.39, 0.29) is 11.6 Å². The van der Waals surface area contributed by atoms with Gasteiger partial charge in [-0.1, -0.05) is 31.1 Å². The van der Waals surface area contributed by atoms with Crippen LogP contribution in [0.3, 0.4) is 0 Å². The van der Waals surface area contributed by atoms with Gasteiger partial charge in [0.05, 0.1) is 11.6 Å². The Labute approximate surface area is 184 Å². The van der Waals surface area contributed by atoms with Gasteiger partial charge in [-0.25, -0.2) is 8.78 Å². The molecule has 0 saturated carbocycles. The van der Waals surface area contributed by atoms with Gasteiger partial charge < -0.3 is 14.7 Å². The Balaban J connectivity index is 1.82. The summed E-state index contributed by atoms with van der Waals surface area (Å²) in [5.41, 5.74) is 2.92. The van der Waals surface area contributed by atoms with E-state index in [1.165, 1.54) is 24.3 Å². The quantitative estimate of drug-likeness (QED) is 0.541. The molecule has 0 saturated heterocycles. The summed E-state index contributed by atoms with van der Waals surface area (Å²) in [5, 5.41) is 7.94. The lowest BCUT2D eigenvalue weighted by molar-refractivity contribution is 0.385. The molecule has 1 aliphatic rings. The van der Waals surface area contributed by atoms with Crippen LogP contribution in [-0.4, -0.2) is 26.7 Å². The Hall–Kier alpha value is -3.13. The van der Waals surface area contributed by atoms with Crippen LogP contribution in [-0.2, 0) is 0 Å². The third kappa shape index (κ3) is 4.34. The molecular formula is C23H22F2N4OS. The summed E-state index contributed by atoms with van der Waals surface area (Å²) in [4.78, 5) is 6.55. The Morgan fingerprint density at radius 3 is 2.55 bits per heavy atom. The highest BCUT2D eigenvalue weighted by atomic mass is 32.1. The average molecular weight is 441 g/mol. The molecule has 31 heavy (non-hydrogen) atoms. The van der Waals surface area contributed by atoms with Gasteiger partial charge in [-0.15, -0.1) is 0 Å². The van der Waals surface area contributed by atoms with Gasteiger partial charge in [-0.2, -0.15) is 4.98 Å². The molecule has 2 heterocycles. The summed E-state index contributed by atoms with van der Waals surface area (Å²) < 4.78 is 32.9. The molecule has 1 N–H and O–H groups in total. The number of nitrogens with one attached hydrogen (secondary N) is 1. The van der Waals surface area contributed by atoms with Gasteiger partial charge in [-0.3, -0.25) is 0 Å². The van der Waals surface area contributed by atoms with E-state index in [1.807, 2.05) is 17.9 Å². The topological polar surface area (TPSA) is 54.2 Å². The minimum absolute atomic E-state index is 0.301. The molecule has 1 aromatic heterocycles. The SMILES string of the molecule is CC1=C(c2nc(-c3ccc(F)cc3)no2)C(c2cccc(F)c2)NC(=S)N1CC(C)C. The van der Waals surface area contributed by atoms with Crippen molar-refractivity contribution in [3.8, 4) is 11.4 Å². The van der Waals surface area contributed by atoms with Gasteiger partial charge in [0.1, 0.15) is 11.6 Å². The number of halogens is 2. The van der Waals surface area contributed by atoms with Crippen molar-refractivity contribution >= 4 is 22.9 Å². The van der Waals surface area contributed by atoms with Crippen molar-refractivity contribution in [2.75, 3.05) is 6.54 Å². The van der Waals surface area contributed by atoms with Gasteiger partial charge >= 0.3 is 0 Å². The molecule has 0 bridgehead atoms. The van der Waals surface area contributed by atoms with Gasteiger partial charge in [0.25, 0.3) is 5.89 Å². The fraction of sp³-hybridized carbons (Fsp3) is 0.261. The molecule has 0 aliphatic carbocycles. The number of allylic oxidation sites excluding steroid dienone is 1. The Kier molecular flexibility index (Phi) is 5.82. The summed E-state index contributed by atoms with van der Waals surface area (Å²) >= 11 is 5.61. The molecular weight excluding hydrogens is 418 g/mol. The van der Waals surface area contributed by atoms with Gasteiger partial charge in [-0.05, 0) is 67.0 Å². The van der Waals surface area contributed by atoms with Crippen LogP contribution in [0.2, 0.25) is 0 Å². The van der Waals surface area contributed by atoms with Crippen LogP contribution in [0.4, 0.5) is 8.78 Å². The summed E-state index contributed by atoms with van der Waals surface area (Å²) in [6, 6.07) is 11.8. The summed E-state index contributed by atoms with van der Waals surface area (Å²) in [5.74, 6) is 0.321. The van der Waals surface area contributed by atoms with Gasteiger partial charge in [0, 0.05) is 17.8 Å². The summed E-state index contributed by atoms with van der Waals surface area (Å²) in [6.45, 7) is 6.86. The third-order valence-electron chi connectivity index (χ3n) is 5.08. The molecule has 0 radical (unpaired) electrons. The van der Waals surface area contributed by atoms with Crippen molar-refractivity contribution in [2.24, 2.45) is 5.92 Å². The largest absolute Gasteiger partial charge is 0.351 e. The van der Waals surface area contributed by atoms with Crippen LogP contribution in [0.25, 0.3) is 17.0 Å². The first-order chi connectivity index (χ1) is 14.8. The molecule has 160 valence electrons. The lowest BCUT2D eigenvalue weighted by Gasteiger charge is -2.38. The fourth-order valence-corrected chi connectivity index (χ4v) is 3.96. The predicted molar refractivity (Wildman–Crippen MR) is 119 cm³/mol. The Bertz CT molecular complexity index is 1140. The van der Waals surface area contributed by atoms with Crippen LogP contribution in [0.5, 0.6) is 0 Å². The van der Waals surface area contributed by atoms with Crippen molar-refractivity contribution in [1.82, 2.24) is 20.4 Å². The van der Waals surface area contributed by atoms with Crippen molar-refractivity contribution in [3.05, 3.63) is 77.3 Å². The number of hydrogen-bond acceptors (Lipinski definition) is 4. The number of benzene rings is 2. The Morgan fingerprint density at radius 1 is 1.13 bits per heavy atom. The normalized spacial score (nSPS) is 16.8.